The fraction of sp³-hybridized carbons (Fsp3) is 0.500. The summed E-state index contributed by atoms with van der Waals surface area (Å²) in [6.45, 7) is 10.4. The van der Waals surface area contributed by atoms with Crippen LogP contribution in [0.25, 0.3) is 0 Å². The number of nitrogens with one attached hydrogen (secondary N) is 1. The number of hydrogen-bond donors (Lipinski definition) is 1. The number of carbonyl (C=O) groups excluding carboxylic acids is 1. The quantitative estimate of drug-likeness (QED) is 0.573. The second kappa shape index (κ2) is 10.3. The zero-order valence-electron chi connectivity index (χ0n) is 16.5. The summed E-state index contributed by atoms with van der Waals surface area (Å²) in [7, 11) is 0. The third kappa shape index (κ3) is 5.99. The van der Waals surface area contributed by atoms with E-state index in [4.69, 9.17) is 9.47 Å². The van der Waals surface area contributed by atoms with Crippen LogP contribution in [0.4, 0.5) is 0 Å². The first-order valence-corrected chi connectivity index (χ1v) is 10.1. The van der Waals surface area contributed by atoms with E-state index in [0.717, 1.165) is 34.4 Å². The van der Waals surface area contributed by atoms with E-state index >= 15 is 0 Å². The van der Waals surface area contributed by atoms with Gasteiger partial charge in [0.15, 0.2) is 11.5 Å². The number of nitrogens with zero attached hydrogens (tertiary/aromatic N) is 2. The van der Waals surface area contributed by atoms with Gasteiger partial charge in [0.1, 0.15) is 0 Å². The Balaban J connectivity index is 1.83. The molecule has 0 aliphatic rings. The molecule has 0 spiro atoms. The summed E-state index contributed by atoms with van der Waals surface area (Å²) in [4.78, 5) is 12.2. The van der Waals surface area contributed by atoms with Crippen LogP contribution in [0.5, 0.6) is 11.5 Å². The highest BCUT2D eigenvalue weighted by Crippen LogP contribution is 2.28. The molecule has 0 radical (unpaired) electrons. The monoisotopic (exact) mass is 437 g/mol. The van der Waals surface area contributed by atoms with Crippen LogP contribution in [0, 0.1) is 13.8 Å². The van der Waals surface area contributed by atoms with E-state index in [0.29, 0.717) is 37.7 Å². The van der Waals surface area contributed by atoms with Crippen molar-refractivity contribution in [3.63, 3.8) is 0 Å². The average Bonchev–Trinajstić information content (AvgIpc) is 2.88. The summed E-state index contributed by atoms with van der Waals surface area (Å²) in [5.74, 6) is 1.38. The third-order valence-corrected chi connectivity index (χ3v) is 5.28. The molecule has 0 aliphatic carbocycles. The summed E-state index contributed by atoms with van der Waals surface area (Å²) in [6, 6.07) is 5.64. The van der Waals surface area contributed by atoms with Gasteiger partial charge in [0, 0.05) is 18.8 Å². The summed E-state index contributed by atoms with van der Waals surface area (Å²) >= 11 is 3.53. The molecule has 1 N–H and O–H groups in total. The Hall–Kier alpha value is -2.02. The Morgan fingerprint density at radius 2 is 1.89 bits per heavy atom. The Bertz CT molecular complexity index is 774. The predicted octanol–water partition coefficient (Wildman–Crippen LogP) is 3.81. The molecule has 0 bridgehead atoms. The maximum Gasteiger partial charge on any atom is 0.224 e. The summed E-state index contributed by atoms with van der Waals surface area (Å²) in [5.41, 5.74) is 3.00. The number of benzene rings is 1. The van der Waals surface area contributed by atoms with Gasteiger partial charge in [-0.1, -0.05) is 6.07 Å². The van der Waals surface area contributed by atoms with Crippen LogP contribution in [0.15, 0.2) is 22.7 Å². The second-order valence-corrected chi connectivity index (χ2v) is 7.03. The van der Waals surface area contributed by atoms with Crippen LogP contribution in [0.1, 0.15) is 37.2 Å². The lowest BCUT2D eigenvalue weighted by Crippen LogP contribution is -2.27. The van der Waals surface area contributed by atoms with E-state index in [1.54, 1.807) is 0 Å². The Labute approximate surface area is 169 Å². The Morgan fingerprint density at radius 3 is 2.52 bits per heavy atom. The number of hydrogen-bond acceptors (Lipinski definition) is 4. The highest BCUT2D eigenvalue weighted by Gasteiger charge is 2.10. The lowest BCUT2D eigenvalue weighted by Gasteiger charge is -2.12. The van der Waals surface area contributed by atoms with Crippen molar-refractivity contribution >= 4 is 21.8 Å². The molecular formula is C20H28BrN3O3. The largest absolute Gasteiger partial charge is 0.490 e. The lowest BCUT2D eigenvalue weighted by molar-refractivity contribution is -0.120. The number of rotatable bonds is 10. The van der Waals surface area contributed by atoms with Gasteiger partial charge in [0.2, 0.25) is 5.91 Å². The second-order valence-electron chi connectivity index (χ2n) is 6.24. The molecule has 1 heterocycles. The van der Waals surface area contributed by atoms with Crippen molar-refractivity contribution in [3.05, 3.63) is 39.6 Å². The van der Waals surface area contributed by atoms with Crippen molar-refractivity contribution in [2.45, 2.75) is 47.1 Å². The first kappa shape index (κ1) is 21.3. The molecular weight excluding hydrogens is 410 g/mol. The summed E-state index contributed by atoms with van der Waals surface area (Å²) < 4.78 is 14.2. The molecule has 0 saturated heterocycles. The van der Waals surface area contributed by atoms with E-state index in [1.807, 2.05) is 50.6 Å². The van der Waals surface area contributed by atoms with Crippen molar-refractivity contribution in [3.8, 4) is 11.5 Å². The smallest absolute Gasteiger partial charge is 0.224 e. The third-order valence-electron chi connectivity index (χ3n) is 4.13. The van der Waals surface area contributed by atoms with E-state index in [-0.39, 0.29) is 5.91 Å². The first-order valence-electron chi connectivity index (χ1n) is 9.31. The van der Waals surface area contributed by atoms with Crippen molar-refractivity contribution in [2.24, 2.45) is 0 Å². The van der Waals surface area contributed by atoms with Crippen LogP contribution in [0.3, 0.4) is 0 Å². The van der Waals surface area contributed by atoms with Gasteiger partial charge in [-0.25, -0.2) is 0 Å². The number of ether oxygens (including phenoxy) is 2. The summed E-state index contributed by atoms with van der Waals surface area (Å²) in [5, 5.41) is 7.45. The van der Waals surface area contributed by atoms with Gasteiger partial charge in [-0.3, -0.25) is 9.48 Å². The SMILES string of the molecule is CCOc1ccc(CC(=O)NCCCn2nc(C)c(Br)c2C)cc1OCC. The van der Waals surface area contributed by atoms with E-state index in [1.165, 1.54) is 0 Å². The maximum atomic E-state index is 12.2. The van der Waals surface area contributed by atoms with Crippen LogP contribution >= 0.6 is 15.9 Å². The van der Waals surface area contributed by atoms with E-state index in [9.17, 15) is 4.79 Å². The first-order chi connectivity index (χ1) is 13.0. The van der Waals surface area contributed by atoms with Gasteiger partial charge in [-0.2, -0.15) is 5.10 Å². The zero-order valence-corrected chi connectivity index (χ0v) is 18.1. The molecule has 6 nitrogen and oxygen atoms in total. The molecule has 148 valence electrons. The van der Waals surface area contributed by atoms with Gasteiger partial charge in [0.05, 0.1) is 29.8 Å². The van der Waals surface area contributed by atoms with Gasteiger partial charge in [-0.05, 0) is 67.7 Å². The number of amides is 1. The molecule has 1 aromatic carbocycles. The molecule has 2 rings (SSSR count). The van der Waals surface area contributed by atoms with Gasteiger partial charge >= 0.3 is 0 Å². The van der Waals surface area contributed by atoms with E-state index < -0.39 is 0 Å². The number of aryl methyl sites for hydroxylation is 2. The number of carbonyl (C=O) groups is 1. The van der Waals surface area contributed by atoms with Crippen LogP contribution in [-0.2, 0) is 17.8 Å². The molecule has 0 atom stereocenters. The standard InChI is InChI=1S/C20H28BrN3O3/c1-5-26-17-9-8-16(12-18(17)27-6-2)13-19(25)22-10-7-11-24-15(4)20(21)14(3)23-24/h8-9,12H,5-7,10-11,13H2,1-4H3,(H,22,25). The average molecular weight is 438 g/mol. The Morgan fingerprint density at radius 1 is 1.19 bits per heavy atom. The lowest BCUT2D eigenvalue weighted by atomic mass is 10.1. The molecule has 2 aromatic rings. The van der Waals surface area contributed by atoms with Gasteiger partial charge in [0.25, 0.3) is 0 Å². The molecule has 0 fully saturated rings. The van der Waals surface area contributed by atoms with Crippen molar-refractivity contribution < 1.29 is 14.3 Å². The molecule has 0 aliphatic heterocycles. The fourth-order valence-corrected chi connectivity index (χ4v) is 3.09. The van der Waals surface area contributed by atoms with Crippen molar-refractivity contribution in [1.29, 1.82) is 0 Å². The number of aromatic nitrogens is 2. The van der Waals surface area contributed by atoms with Gasteiger partial charge in [-0.15, -0.1) is 0 Å². The van der Waals surface area contributed by atoms with E-state index in [2.05, 4.69) is 26.3 Å². The highest BCUT2D eigenvalue weighted by molar-refractivity contribution is 9.10. The highest BCUT2D eigenvalue weighted by atomic mass is 79.9. The molecule has 0 saturated carbocycles. The fourth-order valence-electron chi connectivity index (χ4n) is 2.80. The summed E-state index contributed by atoms with van der Waals surface area (Å²) in [6.07, 6.45) is 1.14. The normalized spacial score (nSPS) is 10.7. The van der Waals surface area contributed by atoms with Crippen LogP contribution in [0.2, 0.25) is 0 Å². The van der Waals surface area contributed by atoms with Crippen molar-refractivity contribution in [2.75, 3.05) is 19.8 Å². The minimum atomic E-state index is -0.00356. The minimum absolute atomic E-state index is 0.00356. The van der Waals surface area contributed by atoms with Crippen LogP contribution < -0.4 is 14.8 Å². The Kier molecular flexibility index (Phi) is 8.16. The molecule has 1 amide bonds. The topological polar surface area (TPSA) is 65.4 Å². The number of halogens is 1. The van der Waals surface area contributed by atoms with Crippen molar-refractivity contribution in [1.82, 2.24) is 15.1 Å². The predicted molar refractivity (Wildman–Crippen MR) is 110 cm³/mol. The minimum Gasteiger partial charge on any atom is -0.490 e. The molecule has 27 heavy (non-hydrogen) atoms. The van der Waals surface area contributed by atoms with Crippen LogP contribution in [-0.4, -0.2) is 35.4 Å². The molecule has 0 unspecified atom stereocenters. The molecule has 1 aromatic heterocycles. The zero-order chi connectivity index (χ0) is 19.8. The van der Waals surface area contributed by atoms with Gasteiger partial charge < -0.3 is 14.8 Å². The molecule has 7 heteroatoms. The maximum absolute atomic E-state index is 12.2.